The quantitative estimate of drug-likeness (QED) is 0.578. The Morgan fingerprint density at radius 2 is 1.59 bits per heavy atom. The van der Waals surface area contributed by atoms with Gasteiger partial charge >= 0.3 is 12.4 Å². The lowest BCUT2D eigenvalue weighted by Crippen LogP contribution is -2.31. The van der Waals surface area contributed by atoms with Gasteiger partial charge in [0, 0.05) is 13.6 Å². The summed E-state index contributed by atoms with van der Waals surface area (Å²) in [5.41, 5.74) is -0.135. The second-order valence-electron chi connectivity index (χ2n) is 6.45. The fourth-order valence-corrected chi connectivity index (χ4v) is 2.87. The van der Waals surface area contributed by atoms with E-state index in [1.807, 2.05) is 0 Å². The highest BCUT2D eigenvalue weighted by atomic mass is 19.4. The third-order valence-corrected chi connectivity index (χ3v) is 4.33. The van der Waals surface area contributed by atoms with Crippen molar-refractivity contribution in [1.82, 2.24) is 14.5 Å². The maximum atomic E-state index is 13.3. The molecule has 0 saturated carbocycles. The number of alkyl halides is 6. The van der Waals surface area contributed by atoms with E-state index in [0.717, 1.165) is 21.6 Å². The molecule has 0 bridgehead atoms. The van der Waals surface area contributed by atoms with Crippen molar-refractivity contribution in [2.75, 3.05) is 7.05 Å². The van der Waals surface area contributed by atoms with Crippen LogP contribution in [-0.2, 0) is 30.2 Å². The molecule has 2 aromatic carbocycles. The second-order valence-corrected chi connectivity index (χ2v) is 6.45. The molecule has 4 nitrogen and oxygen atoms in total. The van der Waals surface area contributed by atoms with Gasteiger partial charge in [-0.1, -0.05) is 24.3 Å². The first-order valence-corrected chi connectivity index (χ1v) is 8.39. The highest BCUT2D eigenvalue weighted by Crippen LogP contribution is 2.32. The molecule has 0 N–H and O–H groups in total. The fourth-order valence-electron chi connectivity index (χ4n) is 2.87. The summed E-state index contributed by atoms with van der Waals surface area (Å²) in [6.45, 7) is -0.655. The number of benzene rings is 2. The average molecular weight is 415 g/mol. The highest BCUT2D eigenvalue weighted by Gasteiger charge is 2.38. The minimum atomic E-state index is -4.74. The number of nitrogens with zero attached hydrogens (tertiary/aromatic N) is 3. The van der Waals surface area contributed by atoms with Crippen molar-refractivity contribution in [2.45, 2.75) is 25.4 Å². The van der Waals surface area contributed by atoms with Crippen LogP contribution >= 0.6 is 0 Å². The van der Waals surface area contributed by atoms with Crippen molar-refractivity contribution in [1.29, 1.82) is 0 Å². The van der Waals surface area contributed by atoms with Gasteiger partial charge in [-0.05, 0) is 29.8 Å². The van der Waals surface area contributed by atoms with Crippen LogP contribution in [-0.4, -0.2) is 27.4 Å². The summed E-state index contributed by atoms with van der Waals surface area (Å²) in [5.74, 6) is -1.83. The molecule has 0 aliphatic heterocycles. The SMILES string of the molecule is CN(Cc1ccc(C(F)(F)F)cc1)C(=O)Cn1c(C(F)(F)F)nc2ccccc21. The van der Waals surface area contributed by atoms with Crippen molar-refractivity contribution in [2.24, 2.45) is 0 Å². The number of para-hydroxylation sites is 2. The van der Waals surface area contributed by atoms with Crippen molar-refractivity contribution >= 4 is 16.9 Å². The summed E-state index contributed by atoms with van der Waals surface area (Å²) >= 11 is 0. The van der Waals surface area contributed by atoms with Crippen molar-refractivity contribution < 1.29 is 31.1 Å². The third-order valence-electron chi connectivity index (χ3n) is 4.33. The number of fused-ring (bicyclic) bond motifs is 1. The van der Waals surface area contributed by atoms with Crippen LogP contribution in [0.1, 0.15) is 17.0 Å². The zero-order chi connectivity index (χ0) is 21.4. The molecule has 154 valence electrons. The van der Waals surface area contributed by atoms with E-state index in [4.69, 9.17) is 0 Å². The molecule has 0 radical (unpaired) electrons. The topological polar surface area (TPSA) is 38.1 Å². The molecule has 0 spiro atoms. The largest absolute Gasteiger partial charge is 0.449 e. The summed E-state index contributed by atoms with van der Waals surface area (Å²) in [7, 11) is 1.37. The van der Waals surface area contributed by atoms with Gasteiger partial charge in [0.15, 0.2) is 0 Å². The summed E-state index contributed by atoms with van der Waals surface area (Å²) in [4.78, 5) is 17.2. The van der Waals surface area contributed by atoms with Gasteiger partial charge in [0.25, 0.3) is 0 Å². The summed E-state index contributed by atoms with van der Waals surface area (Å²) < 4.78 is 78.6. The Hall–Kier alpha value is -3.04. The van der Waals surface area contributed by atoms with Gasteiger partial charge in [-0.2, -0.15) is 26.3 Å². The Kier molecular flexibility index (Phi) is 5.29. The van der Waals surface area contributed by atoms with E-state index in [2.05, 4.69) is 4.98 Å². The van der Waals surface area contributed by atoms with Crippen molar-refractivity contribution in [3.63, 3.8) is 0 Å². The number of halogens is 6. The molecule has 3 rings (SSSR count). The Balaban J connectivity index is 1.80. The number of hydrogen-bond acceptors (Lipinski definition) is 2. The van der Waals surface area contributed by atoms with Gasteiger partial charge in [-0.15, -0.1) is 0 Å². The van der Waals surface area contributed by atoms with Gasteiger partial charge in [0.1, 0.15) is 6.54 Å². The smallest absolute Gasteiger partial charge is 0.340 e. The van der Waals surface area contributed by atoms with Gasteiger partial charge < -0.3 is 9.47 Å². The average Bonchev–Trinajstić information content (AvgIpc) is 3.00. The van der Waals surface area contributed by atoms with Gasteiger partial charge in [-0.25, -0.2) is 4.98 Å². The lowest BCUT2D eigenvalue weighted by Gasteiger charge is -2.19. The third kappa shape index (κ3) is 4.52. The molecular weight excluding hydrogens is 400 g/mol. The number of hydrogen-bond donors (Lipinski definition) is 0. The van der Waals surface area contributed by atoms with Gasteiger partial charge in [0.05, 0.1) is 16.6 Å². The van der Waals surface area contributed by atoms with Crippen LogP contribution in [0.3, 0.4) is 0 Å². The predicted octanol–water partition coefficient (Wildman–Crippen LogP) is 4.73. The highest BCUT2D eigenvalue weighted by molar-refractivity contribution is 5.81. The Bertz CT molecular complexity index is 1020. The lowest BCUT2D eigenvalue weighted by molar-refractivity contribution is -0.148. The molecule has 0 fully saturated rings. The molecule has 0 unspecified atom stereocenters. The molecule has 0 aliphatic carbocycles. The maximum absolute atomic E-state index is 13.3. The van der Waals surface area contributed by atoms with E-state index in [1.165, 1.54) is 37.4 Å². The molecule has 10 heteroatoms. The van der Waals surface area contributed by atoms with Crippen LogP contribution < -0.4 is 0 Å². The lowest BCUT2D eigenvalue weighted by atomic mass is 10.1. The van der Waals surface area contributed by atoms with Crippen LogP contribution in [0.25, 0.3) is 11.0 Å². The Morgan fingerprint density at radius 1 is 0.966 bits per heavy atom. The number of carbonyl (C=O) groups is 1. The second kappa shape index (κ2) is 7.41. The van der Waals surface area contributed by atoms with E-state index in [9.17, 15) is 31.1 Å². The number of amides is 1. The number of rotatable bonds is 4. The zero-order valence-corrected chi connectivity index (χ0v) is 15.1. The van der Waals surface area contributed by atoms with Gasteiger partial charge in [-0.3, -0.25) is 4.79 Å². The molecule has 3 aromatic rings. The van der Waals surface area contributed by atoms with Crippen LogP contribution in [0.2, 0.25) is 0 Å². The first kappa shape index (κ1) is 20.7. The zero-order valence-electron chi connectivity index (χ0n) is 15.1. The Labute approximate surface area is 161 Å². The molecule has 1 heterocycles. The normalized spacial score (nSPS) is 12.4. The van der Waals surface area contributed by atoms with Crippen LogP contribution in [0.4, 0.5) is 26.3 Å². The molecule has 29 heavy (non-hydrogen) atoms. The van der Waals surface area contributed by atoms with E-state index < -0.39 is 36.2 Å². The summed E-state index contributed by atoms with van der Waals surface area (Å²) in [6, 6.07) is 10.1. The first-order chi connectivity index (χ1) is 13.5. The van der Waals surface area contributed by atoms with E-state index >= 15 is 0 Å². The fraction of sp³-hybridized carbons (Fsp3) is 0.263. The molecular formula is C19H15F6N3O. The minimum absolute atomic E-state index is 0.0506. The van der Waals surface area contributed by atoms with Crippen molar-refractivity contribution in [3.8, 4) is 0 Å². The standard InChI is InChI=1S/C19H15F6N3O/c1-27(10-12-6-8-13(9-7-12)18(20,21)22)16(29)11-28-15-5-3-2-4-14(15)26-17(28)19(23,24)25/h2-9H,10-11H2,1H3. The predicted molar refractivity (Wildman–Crippen MR) is 92.7 cm³/mol. The maximum Gasteiger partial charge on any atom is 0.449 e. The molecule has 0 saturated heterocycles. The number of carbonyl (C=O) groups excluding carboxylic acids is 1. The first-order valence-electron chi connectivity index (χ1n) is 8.39. The Morgan fingerprint density at radius 3 is 2.17 bits per heavy atom. The van der Waals surface area contributed by atoms with Crippen LogP contribution in [0.15, 0.2) is 48.5 Å². The van der Waals surface area contributed by atoms with Crippen LogP contribution in [0, 0.1) is 0 Å². The minimum Gasteiger partial charge on any atom is -0.340 e. The van der Waals surface area contributed by atoms with Gasteiger partial charge in [0.2, 0.25) is 11.7 Å². The molecule has 0 atom stereocenters. The van der Waals surface area contributed by atoms with E-state index in [0.29, 0.717) is 5.56 Å². The molecule has 1 amide bonds. The van der Waals surface area contributed by atoms with Crippen molar-refractivity contribution in [3.05, 3.63) is 65.5 Å². The van der Waals surface area contributed by atoms with Crippen LogP contribution in [0.5, 0.6) is 0 Å². The number of likely N-dealkylation sites (N-methyl/N-ethyl adjacent to an activating group) is 1. The molecule has 0 aliphatic rings. The summed E-state index contributed by atoms with van der Waals surface area (Å²) in [6.07, 6.45) is -9.22. The number of aromatic nitrogens is 2. The van der Waals surface area contributed by atoms with E-state index in [-0.39, 0.29) is 17.6 Å². The monoisotopic (exact) mass is 415 g/mol. The number of imidazole rings is 1. The molecule has 1 aromatic heterocycles. The van der Waals surface area contributed by atoms with E-state index in [1.54, 1.807) is 6.07 Å². The summed E-state index contributed by atoms with van der Waals surface area (Å²) in [5, 5.41) is 0.